The first-order chi connectivity index (χ1) is 14.9. The van der Waals surface area contributed by atoms with Crippen molar-refractivity contribution in [3.8, 4) is 5.75 Å². The number of amides is 1. The molecule has 0 fully saturated rings. The molecule has 1 atom stereocenters. The number of benzene rings is 2. The van der Waals surface area contributed by atoms with E-state index in [4.69, 9.17) is 9.47 Å². The normalized spacial score (nSPS) is 12.7. The van der Waals surface area contributed by atoms with Gasteiger partial charge in [-0.15, -0.1) is 0 Å². The Kier molecular flexibility index (Phi) is 8.25. The summed E-state index contributed by atoms with van der Waals surface area (Å²) in [4.78, 5) is 22.3. The van der Waals surface area contributed by atoms with Crippen LogP contribution < -0.4 is 10.1 Å². The second-order valence-corrected chi connectivity index (χ2v) is 8.74. The standard InChI is InChI=1S/C21H22F3NO6S/c1-3-30-19(26)13-31-16-5-4-6-18(12-16)32(28,29)17-9-7-15(8-10-17)11-14(2)25-20(27)21(22,23)24/h4-10,12,14H,3,11,13H2,1-2H3,(H,25,27)/t14-/m1/s1. The number of carbonyl (C=O) groups is 2. The number of ether oxygens (including phenoxy) is 2. The monoisotopic (exact) mass is 473 g/mol. The smallest absolute Gasteiger partial charge is 0.471 e. The number of carbonyl (C=O) groups excluding carboxylic acids is 2. The second-order valence-electron chi connectivity index (χ2n) is 6.79. The minimum absolute atomic E-state index is 0.0317. The van der Waals surface area contributed by atoms with Gasteiger partial charge in [-0.3, -0.25) is 4.79 Å². The van der Waals surface area contributed by atoms with E-state index in [1.54, 1.807) is 6.92 Å². The molecule has 1 amide bonds. The van der Waals surface area contributed by atoms with Gasteiger partial charge in [0.05, 0.1) is 16.4 Å². The molecule has 0 aliphatic carbocycles. The third kappa shape index (κ3) is 6.98. The summed E-state index contributed by atoms with van der Waals surface area (Å²) in [6.45, 7) is 2.89. The van der Waals surface area contributed by atoms with Crippen LogP contribution in [-0.2, 0) is 30.6 Å². The maximum Gasteiger partial charge on any atom is 0.471 e. The van der Waals surface area contributed by atoms with E-state index in [1.165, 1.54) is 55.5 Å². The Labute approximate surface area is 183 Å². The van der Waals surface area contributed by atoms with Gasteiger partial charge in [0.1, 0.15) is 5.75 Å². The summed E-state index contributed by atoms with van der Waals surface area (Å²) in [5, 5.41) is 1.84. The van der Waals surface area contributed by atoms with Crippen LogP contribution in [0.15, 0.2) is 58.3 Å². The SMILES string of the molecule is CCOC(=O)COc1cccc(S(=O)(=O)c2ccc(C[C@@H](C)NC(=O)C(F)(F)F)cc2)c1. The van der Waals surface area contributed by atoms with Crippen molar-refractivity contribution in [2.45, 2.75) is 42.3 Å². The highest BCUT2D eigenvalue weighted by Gasteiger charge is 2.39. The number of sulfone groups is 1. The van der Waals surface area contributed by atoms with Gasteiger partial charge in [-0.1, -0.05) is 18.2 Å². The highest BCUT2D eigenvalue weighted by atomic mass is 32.2. The quantitative estimate of drug-likeness (QED) is 0.562. The van der Waals surface area contributed by atoms with E-state index in [9.17, 15) is 31.2 Å². The Balaban J connectivity index is 2.09. The fraction of sp³-hybridized carbons (Fsp3) is 0.333. The van der Waals surface area contributed by atoms with E-state index in [-0.39, 0.29) is 35.2 Å². The van der Waals surface area contributed by atoms with E-state index in [0.29, 0.717) is 5.56 Å². The van der Waals surface area contributed by atoms with Gasteiger partial charge in [0.2, 0.25) is 9.84 Å². The van der Waals surface area contributed by atoms with Crippen LogP contribution in [-0.4, -0.2) is 45.7 Å². The molecule has 7 nitrogen and oxygen atoms in total. The summed E-state index contributed by atoms with van der Waals surface area (Å²) in [6.07, 6.45) is -4.89. The van der Waals surface area contributed by atoms with E-state index in [0.717, 1.165) is 0 Å². The van der Waals surface area contributed by atoms with Gasteiger partial charge in [-0.05, 0) is 56.2 Å². The average Bonchev–Trinajstić information content (AvgIpc) is 2.72. The predicted molar refractivity (Wildman–Crippen MR) is 108 cm³/mol. The lowest BCUT2D eigenvalue weighted by Gasteiger charge is -2.15. The summed E-state index contributed by atoms with van der Waals surface area (Å²) >= 11 is 0. The Morgan fingerprint density at radius 2 is 1.72 bits per heavy atom. The van der Waals surface area contributed by atoms with Crippen molar-refractivity contribution in [2.24, 2.45) is 0 Å². The van der Waals surface area contributed by atoms with Gasteiger partial charge >= 0.3 is 18.1 Å². The predicted octanol–water partition coefficient (Wildman–Crippen LogP) is 3.07. The topological polar surface area (TPSA) is 98.8 Å². The largest absolute Gasteiger partial charge is 0.482 e. The molecule has 0 radical (unpaired) electrons. The molecule has 0 aliphatic heterocycles. The van der Waals surface area contributed by atoms with Gasteiger partial charge in [0.25, 0.3) is 0 Å². The summed E-state index contributed by atoms with van der Waals surface area (Å²) in [5.74, 6) is -2.45. The molecule has 32 heavy (non-hydrogen) atoms. The Bertz CT molecular complexity index is 1050. The molecule has 0 saturated heterocycles. The molecule has 11 heteroatoms. The highest BCUT2D eigenvalue weighted by Crippen LogP contribution is 2.25. The lowest BCUT2D eigenvalue weighted by atomic mass is 10.1. The number of rotatable bonds is 9. The van der Waals surface area contributed by atoms with Crippen molar-refractivity contribution in [2.75, 3.05) is 13.2 Å². The first kappa shape index (κ1) is 25.2. The van der Waals surface area contributed by atoms with Crippen molar-refractivity contribution >= 4 is 21.7 Å². The van der Waals surface area contributed by atoms with E-state index < -0.39 is 33.9 Å². The molecule has 0 aliphatic rings. The number of hydrogen-bond acceptors (Lipinski definition) is 6. The van der Waals surface area contributed by atoms with Crippen LogP contribution in [0.2, 0.25) is 0 Å². The number of halogens is 3. The van der Waals surface area contributed by atoms with Crippen LogP contribution in [0, 0.1) is 0 Å². The summed E-state index contributed by atoms with van der Waals surface area (Å²) in [7, 11) is -3.91. The van der Waals surface area contributed by atoms with Crippen LogP contribution >= 0.6 is 0 Å². The Hall–Kier alpha value is -3.08. The first-order valence-electron chi connectivity index (χ1n) is 9.53. The lowest BCUT2D eigenvalue weighted by Crippen LogP contribution is -2.42. The van der Waals surface area contributed by atoms with E-state index in [1.807, 2.05) is 5.32 Å². The molecule has 0 spiro atoms. The maximum absolute atomic E-state index is 12.9. The molecule has 2 rings (SSSR count). The molecule has 0 aromatic heterocycles. The molecule has 0 unspecified atom stereocenters. The van der Waals surface area contributed by atoms with E-state index in [2.05, 4.69) is 0 Å². The van der Waals surface area contributed by atoms with Gasteiger partial charge < -0.3 is 14.8 Å². The third-order valence-corrected chi connectivity index (χ3v) is 5.96. The number of nitrogens with one attached hydrogen (secondary N) is 1. The molecule has 0 bridgehead atoms. The Morgan fingerprint density at radius 3 is 2.31 bits per heavy atom. The zero-order valence-electron chi connectivity index (χ0n) is 17.3. The molecular weight excluding hydrogens is 451 g/mol. The molecule has 2 aromatic rings. The lowest BCUT2D eigenvalue weighted by molar-refractivity contribution is -0.174. The van der Waals surface area contributed by atoms with E-state index >= 15 is 0 Å². The highest BCUT2D eigenvalue weighted by molar-refractivity contribution is 7.91. The number of alkyl halides is 3. The summed E-state index contributed by atoms with van der Waals surface area (Å²) in [6, 6.07) is 10.4. The minimum atomic E-state index is -4.97. The fourth-order valence-electron chi connectivity index (χ4n) is 2.73. The van der Waals surface area contributed by atoms with Crippen LogP contribution in [0.5, 0.6) is 5.75 Å². The zero-order chi connectivity index (χ0) is 23.9. The van der Waals surface area contributed by atoms with Crippen molar-refractivity contribution in [3.63, 3.8) is 0 Å². The van der Waals surface area contributed by atoms with Gasteiger partial charge in [0, 0.05) is 6.04 Å². The molecular formula is C21H22F3NO6S. The number of hydrogen-bond donors (Lipinski definition) is 1. The Morgan fingerprint density at radius 1 is 1.06 bits per heavy atom. The third-order valence-electron chi connectivity index (χ3n) is 4.19. The van der Waals surface area contributed by atoms with Crippen molar-refractivity contribution in [1.29, 1.82) is 0 Å². The van der Waals surface area contributed by atoms with Crippen LogP contribution in [0.1, 0.15) is 19.4 Å². The molecule has 0 heterocycles. The van der Waals surface area contributed by atoms with Crippen LogP contribution in [0.25, 0.3) is 0 Å². The van der Waals surface area contributed by atoms with Gasteiger partial charge in [-0.25, -0.2) is 13.2 Å². The molecule has 2 aromatic carbocycles. The molecule has 0 saturated carbocycles. The second kappa shape index (κ2) is 10.5. The first-order valence-corrected chi connectivity index (χ1v) is 11.0. The van der Waals surface area contributed by atoms with Gasteiger partial charge in [-0.2, -0.15) is 13.2 Å². The van der Waals surface area contributed by atoms with Crippen LogP contribution in [0.4, 0.5) is 13.2 Å². The van der Waals surface area contributed by atoms with Gasteiger partial charge in [0.15, 0.2) is 6.61 Å². The molecule has 174 valence electrons. The minimum Gasteiger partial charge on any atom is -0.482 e. The number of esters is 1. The summed E-state index contributed by atoms with van der Waals surface area (Å²) in [5.41, 5.74) is 0.547. The molecule has 1 N–H and O–H groups in total. The van der Waals surface area contributed by atoms with Crippen molar-refractivity contribution < 1.29 is 40.7 Å². The zero-order valence-corrected chi connectivity index (χ0v) is 18.1. The maximum atomic E-state index is 12.9. The van der Waals surface area contributed by atoms with Crippen LogP contribution in [0.3, 0.4) is 0 Å². The van der Waals surface area contributed by atoms with Crippen molar-refractivity contribution in [1.82, 2.24) is 5.32 Å². The summed E-state index contributed by atoms with van der Waals surface area (Å²) < 4.78 is 72.8. The average molecular weight is 473 g/mol. The van der Waals surface area contributed by atoms with Crippen molar-refractivity contribution in [3.05, 3.63) is 54.1 Å². The fourth-order valence-corrected chi connectivity index (χ4v) is 4.02.